The molecule has 0 saturated heterocycles. The Morgan fingerprint density at radius 3 is 2.52 bits per heavy atom. The fourth-order valence-electron chi connectivity index (χ4n) is 2.29. The van der Waals surface area contributed by atoms with E-state index in [9.17, 15) is 5.11 Å². The number of aromatic nitrogens is 3. The highest BCUT2D eigenvalue weighted by atomic mass is 35.5. The zero-order valence-electron chi connectivity index (χ0n) is 11.5. The quantitative estimate of drug-likeness (QED) is 0.806. The third-order valence-corrected chi connectivity index (χ3v) is 3.80. The van der Waals surface area contributed by atoms with E-state index in [-0.39, 0.29) is 6.61 Å². The lowest BCUT2D eigenvalue weighted by molar-refractivity contribution is 0.269. The average Bonchev–Trinajstić information content (AvgIpc) is 2.94. The Kier molecular flexibility index (Phi) is 3.73. The van der Waals surface area contributed by atoms with E-state index in [4.69, 9.17) is 11.6 Å². The van der Waals surface area contributed by atoms with Gasteiger partial charge in [-0.1, -0.05) is 41.9 Å². The van der Waals surface area contributed by atoms with Crippen molar-refractivity contribution in [3.8, 4) is 17.1 Å². The Morgan fingerprint density at radius 1 is 1.05 bits per heavy atom. The maximum Gasteiger partial charge on any atom is 0.168 e. The summed E-state index contributed by atoms with van der Waals surface area (Å²) in [6, 6.07) is 15.4. The molecular formula is C16H14ClN3O. The fourth-order valence-corrected chi connectivity index (χ4v) is 2.47. The van der Waals surface area contributed by atoms with Crippen LogP contribution in [0.25, 0.3) is 17.1 Å². The molecule has 0 unspecified atom stereocenters. The van der Waals surface area contributed by atoms with Crippen molar-refractivity contribution in [3.05, 3.63) is 64.9 Å². The maximum absolute atomic E-state index is 9.51. The van der Waals surface area contributed by atoms with Gasteiger partial charge in [-0.25, -0.2) is 0 Å². The molecule has 1 aromatic heterocycles. The topological polar surface area (TPSA) is 50.9 Å². The van der Waals surface area contributed by atoms with Gasteiger partial charge in [0.05, 0.1) is 0 Å². The molecule has 0 atom stereocenters. The summed E-state index contributed by atoms with van der Waals surface area (Å²) in [6.45, 7) is 1.77. The lowest BCUT2D eigenvalue weighted by Crippen LogP contribution is -2.03. The summed E-state index contributed by atoms with van der Waals surface area (Å²) in [5.74, 6) is 1.17. The van der Waals surface area contributed by atoms with Crippen LogP contribution in [0.4, 0.5) is 0 Å². The average molecular weight is 300 g/mol. The predicted octanol–water partition coefficient (Wildman–Crippen LogP) is 3.39. The number of hydrogen-bond donors (Lipinski definition) is 1. The molecule has 0 saturated carbocycles. The monoisotopic (exact) mass is 299 g/mol. The van der Waals surface area contributed by atoms with Gasteiger partial charge in [0.25, 0.3) is 0 Å². The first kappa shape index (κ1) is 13.8. The van der Waals surface area contributed by atoms with Crippen LogP contribution in [0.5, 0.6) is 0 Å². The molecule has 0 fully saturated rings. The van der Waals surface area contributed by atoms with Crippen LogP contribution in [0.2, 0.25) is 5.02 Å². The number of rotatable bonds is 3. The smallest absolute Gasteiger partial charge is 0.168 e. The number of benzene rings is 2. The normalized spacial score (nSPS) is 10.8. The molecule has 5 heteroatoms. The van der Waals surface area contributed by atoms with Gasteiger partial charge in [0, 0.05) is 16.3 Å². The van der Waals surface area contributed by atoms with E-state index in [1.165, 1.54) is 0 Å². The number of aliphatic hydroxyl groups excluding tert-OH is 1. The lowest BCUT2D eigenvalue weighted by Gasteiger charge is -2.11. The number of halogens is 1. The largest absolute Gasteiger partial charge is 0.388 e. The van der Waals surface area contributed by atoms with E-state index in [2.05, 4.69) is 10.2 Å². The molecule has 0 aliphatic heterocycles. The highest BCUT2D eigenvalue weighted by molar-refractivity contribution is 6.31. The Labute approximate surface area is 127 Å². The zero-order chi connectivity index (χ0) is 14.8. The van der Waals surface area contributed by atoms with Crippen molar-refractivity contribution in [3.63, 3.8) is 0 Å². The third-order valence-electron chi connectivity index (χ3n) is 3.39. The molecule has 3 aromatic rings. The minimum absolute atomic E-state index is 0.179. The summed E-state index contributed by atoms with van der Waals surface area (Å²) < 4.78 is 1.85. The van der Waals surface area contributed by atoms with Crippen LogP contribution in [0.15, 0.2) is 48.5 Å². The third kappa shape index (κ3) is 2.44. The molecule has 0 radical (unpaired) electrons. The second-order valence-electron chi connectivity index (χ2n) is 4.68. The molecule has 3 rings (SSSR count). The van der Waals surface area contributed by atoms with Gasteiger partial charge in [-0.2, -0.15) is 0 Å². The number of hydrogen-bond acceptors (Lipinski definition) is 3. The van der Waals surface area contributed by atoms with Gasteiger partial charge >= 0.3 is 0 Å². The maximum atomic E-state index is 9.51. The van der Waals surface area contributed by atoms with Gasteiger partial charge < -0.3 is 5.11 Å². The Balaban J connectivity index is 2.25. The van der Waals surface area contributed by atoms with Crippen molar-refractivity contribution in [1.29, 1.82) is 0 Å². The van der Waals surface area contributed by atoms with Gasteiger partial charge in [0.2, 0.25) is 0 Å². The van der Waals surface area contributed by atoms with E-state index in [0.29, 0.717) is 16.7 Å². The molecule has 1 N–H and O–H groups in total. The zero-order valence-corrected chi connectivity index (χ0v) is 12.2. The SMILES string of the molecule is Cc1c(Cl)cccc1-c1nnc(CO)n1-c1ccccc1. The van der Waals surface area contributed by atoms with Crippen LogP contribution in [0.1, 0.15) is 11.4 Å². The van der Waals surface area contributed by atoms with E-state index >= 15 is 0 Å². The van der Waals surface area contributed by atoms with Gasteiger partial charge in [-0.3, -0.25) is 4.57 Å². The molecule has 21 heavy (non-hydrogen) atoms. The summed E-state index contributed by atoms with van der Waals surface area (Å²) in [5, 5.41) is 18.5. The Bertz CT molecular complexity index is 768. The molecule has 0 aliphatic rings. The molecule has 0 amide bonds. The molecule has 0 spiro atoms. The van der Waals surface area contributed by atoms with Crippen molar-refractivity contribution >= 4 is 11.6 Å². The van der Waals surface area contributed by atoms with Gasteiger partial charge in [-0.05, 0) is 30.7 Å². The first-order valence-corrected chi connectivity index (χ1v) is 6.96. The van der Waals surface area contributed by atoms with E-state index in [1.807, 2.05) is 60.0 Å². The molecule has 106 valence electrons. The van der Waals surface area contributed by atoms with Crippen molar-refractivity contribution in [1.82, 2.24) is 14.8 Å². The fraction of sp³-hybridized carbons (Fsp3) is 0.125. The first-order valence-electron chi connectivity index (χ1n) is 6.58. The molecule has 1 heterocycles. The number of nitrogens with zero attached hydrogens (tertiary/aromatic N) is 3. The van der Waals surface area contributed by atoms with E-state index in [1.54, 1.807) is 0 Å². The predicted molar refractivity (Wildman–Crippen MR) is 82.5 cm³/mol. The standard InChI is InChI=1S/C16H14ClN3O/c1-11-13(8-5-9-14(11)17)16-19-18-15(10-21)20(16)12-6-3-2-4-7-12/h2-9,21H,10H2,1H3. The van der Waals surface area contributed by atoms with Crippen LogP contribution < -0.4 is 0 Å². The molecule has 0 aliphatic carbocycles. The second kappa shape index (κ2) is 5.68. The van der Waals surface area contributed by atoms with Crippen LogP contribution in [0, 0.1) is 6.92 Å². The van der Waals surface area contributed by atoms with Crippen molar-refractivity contribution < 1.29 is 5.11 Å². The van der Waals surface area contributed by atoms with E-state index in [0.717, 1.165) is 16.8 Å². The first-order chi connectivity index (χ1) is 10.2. The summed E-state index contributed by atoms with van der Waals surface area (Å²) >= 11 is 6.20. The lowest BCUT2D eigenvalue weighted by atomic mass is 10.1. The van der Waals surface area contributed by atoms with Gasteiger partial charge in [0.15, 0.2) is 11.6 Å². The summed E-state index contributed by atoms with van der Waals surface area (Å²) in [7, 11) is 0. The molecule has 2 aromatic carbocycles. The molecule has 4 nitrogen and oxygen atoms in total. The van der Waals surface area contributed by atoms with Gasteiger partial charge in [0.1, 0.15) is 6.61 Å². The van der Waals surface area contributed by atoms with E-state index < -0.39 is 0 Å². The molecular weight excluding hydrogens is 286 g/mol. The second-order valence-corrected chi connectivity index (χ2v) is 5.09. The van der Waals surface area contributed by atoms with Crippen molar-refractivity contribution in [2.75, 3.05) is 0 Å². The van der Waals surface area contributed by atoms with Crippen molar-refractivity contribution in [2.45, 2.75) is 13.5 Å². The molecule has 0 bridgehead atoms. The Hall–Kier alpha value is -2.17. The summed E-state index contributed by atoms with van der Waals surface area (Å²) in [4.78, 5) is 0. The highest BCUT2D eigenvalue weighted by Gasteiger charge is 2.17. The minimum atomic E-state index is -0.179. The van der Waals surface area contributed by atoms with Crippen LogP contribution >= 0.6 is 11.6 Å². The van der Waals surface area contributed by atoms with Gasteiger partial charge in [-0.15, -0.1) is 10.2 Å². The number of aliphatic hydroxyl groups is 1. The Morgan fingerprint density at radius 2 is 1.81 bits per heavy atom. The van der Waals surface area contributed by atoms with Crippen LogP contribution in [-0.4, -0.2) is 19.9 Å². The minimum Gasteiger partial charge on any atom is -0.388 e. The van der Waals surface area contributed by atoms with Crippen molar-refractivity contribution in [2.24, 2.45) is 0 Å². The summed E-state index contributed by atoms with van der Waals surface area (Å²) in [5.41, 5.74) is 2.74. The van der Waals surface area contributed by atoms with Crippen LogP contribution in [-0.2, 0) is 6.61 Å². The number of para-hydroxylation sites is 1. The van der Waals surface area contributed by atoms with Crippen LogP contribution in [0.3, 0.4) is 0 Å². The highest BCUT2D eigenvalue weighted by Crippen LogP contribution is 2.29. The summed E-state index contributed by atoms with van der Waals surface area (Å²) in [6.07, 6.45) is 0.